The summed E-state index contributed by atoms with van der Waals surface area (Å²) in [6.07, 6.45) is 1.50. The van der Waals surface area contributed by atoms with Crippen molar-refractivity contribution in [2.75, 3.05) is 0 Å². The molecule has 0 aliphatic heterocycles. The Kier molecular flexibility index (Phi) is 6.07. The second-order valence-corrected chi connectivity index (χ2v) is 7.25. The minimum Gasteiger partial charge on any atom is -0.271 e. The molecule has 1 aromatic carbocycles. The molecule has 1 atom stereocenters. The van der Waals surface area contributed by atoms with E-state index in [9.17, 15) is 0 Å². The lowest BCUT2D eigenvalue weighted by atomic mass is 10.0. The first-order valence-electron chi connectivity index (χ1n) is 6.59. The monoisotopic (exact) mass is 482 g/mol. The zero-order chi connectivity index (χ0) is 15.6. The molecule has 0 bridgehead atoms. The molecule has 4 nitrogen and oxygen atoms in total. The van der Waals surface area contributed by atoms with Gasteiger partial charge in [0.2, 0.25) is 0 Å². The molecule has 21 heavy (non-hydrogen) atoms. The molecule has 1 heterocycles. The van der Waals surface area contributed by atoms with Crippen LogP contribution < -0.4 is 11.3 Å². The van der Waals surface area contributed by atoms with Gasteiger partial charge in [-0.15, -0.1) is 0 Å². The van der Waals surface area contributed by atoms with E-state index in [1.807, 2.05) is 30.8 Å². The molecule has 7 heteroatoms. The number of aryl methyl sites for hydroxylation is 2. The Morgan fingerprint density at radius 1 is 1.52 bits per heavy atom. The van der Waals surface area contributed by atoms with Crippen LogP contribution in [0, 0.1) is 3.57 Å². The van der Waals surface area contributed by atoms with Crippen molar-refractivity contribution in [1.82, 2.24) is 15.2 Å². The van der Waals surface area contributed by atoms with Crippen LogP contribution in [0.3, 0.4) is 0 Å². The topological polar surface area (TPSA) is 55.9 Å². The lowest BCUT2D eigenvalue weighted by Gasteiger charge is -2.18. The summed E-state index contributed by atoms with van der Waals surface area (Å²) in [5.41, 5.74) is 5.91. The van der Waals surface area contributed by atoms with E-state index < -0.39 is 0 Å². The molecule has 0 fully saturated rings. The fourth-order valence-electron chi connectivity index (χ4n) is 2.28. The van der Waals surface area contributed by atoms with E-state index in [-0.39, 0.29) is 6.04 Å². The number of nitrogens with two attached hydrogens (primary N) is 1. The summed E-state index contributed by atoms with van der Waals surface area (Å²) in [5.74, 6) is 5.77. The Morgan fingerprint density at radius 3 is 2.81 bits per heavy atom. The van der Waals surface area contributed by atoms with Crippen molar-refractivity contribution in [2.24, 2.45) is 12.9 Å². The minimum atomic E-state index is -0.0355. The van der Waals surface area contributed by atoms with Gasteiger partial charge in [0.1, 0.15) is 0 Å². The van der Waals surface area contributed by atoms with Crippen molar-refractivity contribution in [3.63, 3.8) is 0 Å². The average Bonchev–Trinajstić information content (AvgIpc) is 2.74. The van der Waals surface area contributed by atoms with Crippen molar-refractivity contribution in [1.29, 1.82) is 0 Å². The van der Waals surface area contributed by atoms with Gasteiger partial charge in [-0.25, -0.2) is 0 Å². The molecule has 2 rings (SSSR count). The van der Waals surface area contributed by atoms with E-state index >= 15 is 0 Å². The van der Waals surface area contributed by atoms with Crippen LogP contribution in [0.25, 0.3) is 0 Å². The van der Waals surface area contributed by atoms with E-state index in [2.05, 4.69) is 55.1 Å². The summed E-state index contributed by atoms with van der Waals surface area (Å²) in [5, 5.41) is 5.19. The molecule has 0 amide bonds. The van der Waals surface area contributed by atoms with Crippen LogP contribution in [-0.4, -0.2) is 9.78 Å². The highest BCUT2D eigenvalue weighted by Gasteiger charge is 2.20. The van der Waals surface area contributed by atoms with E-state index in [4.69, 9.17) is 17.4 Å². The van der Waals surface area contributed by atoms with Crippen molar-refractivity contribution in [3.8, 4) is 0 Å². The first kappa shape index (κ1) is 17.2. The molecule has 2 aromatic rings. The molecule has 3 N–H and O–H groups in total. The van der Waals surface area contributed by atoms with Crippen LogP contribution in [0.15, 0.2) is 22.7 Å². The van der Waals surface area contributed by atoms with Gasteiger partial charge in [0.15, 0.2) is 0 Å². The van der Waals surface area contributed by atoms with Gasteiger partial charge in [-0.1, -0.05) is 34.5 Å². The number of hydrogen-bond acceptors (Lipinski definition) is 3. The quantitative estimate of drug-likeness (QED) is 0.387. The zero-order valence-corrected chi connectivity index (χ0v) is 16.3. The molecule has 0 saturated heterocycles. The summed E-state index contributed by atoms with van der Waals surface area (Å²) >= 11 is 12.3. The average molecular weight is 484 g/mol. The maximum absolute atomic E-state index is 6.42. The van der Waals surface area contributed by atoms with Gasteiger partial charge < -0.3 is 0 Å². The Hall–Kier alpha value is -0.150. The molecule has 0 aliphatic carbocycles. The fraction of sp³-hybridized carbons (Fsp3) is 0.357. The summed E-state index contributed by atoms with van der Waals surface area (Å²) in [7, 11) is 1.91. The molecular formula is C14H17BrClIN4. The molecule has 0 spiro atoms. The highest BCUT2D eigenvalue weighted by molar-refractivity contribution is 14.1. The Morgan fingerprint density at radius 2 is 2.24 bits per heavy atom. The highest BCUT2D eigenvalue weighted by Crippen LogP contribution is 2.30. The first-order chi connectivity index (χ1) is 9.97. The number of rotatable bonds is 5. The summed E-state index contributed by atoms with van der Waals surface area (Å²) in [6.45, 7) is 2.05. The standard InChI is InChI=1S/C14H17BrClIN4/c1-3-11-14(16)13(21(2)20-11)7-12(19-18)9-6-8(17)4-5-10(9)15/h4-6,12,19H,3,7,18H2,1-2H3. The molecule has 0 aliphatic rings. The summed E-state index contributed by atoms with van der Waals surface area (Å²) in [4.78, 5) is 0. The molecule has 0 radical (unpaired) electrons. The van der Waals surface area contributed by atoms with E-state index in [1.54, 1.807) is 0 Å². The predicted octanol–water partition coefficient (Wildman–Crippen LogP) is 3.75. The molecule has 1 aromatic heterocycles. The van der Waals surface area contributed by atoms with Gasteiger partial charge in [0, 0.05) is 21.5 Å². The number of halogens is 3. The van der Waals surface area contributed by atoms with Crippen LogP contribution >= 0.6 is 50.1 Å². The number of aromatic nitrogens is 2. The number of hydrazine groups is 1. The predicted molar refractivity (Wildman–Crippen MR) is 98.2 cm³/mol. The normalized spacial score (nSPS) is 12.7. The third-order valence-corrected chi connectivity index (χ3v) is 5.26. The number of nitrogens with zero attached hydrogens (tertiary/aromatic N) is 2. The van der Waals surface area contributed by atoms with Crippen LogP contribution in [0.2, 0.25) is 5.02 Å². The van der Waals surface area contributed by atoms with Gasteiger partial charge in [-0.3, -0.25) is 16.0 Å². The summed E-state index contributed by atoms with van der Waals surface area (Å²) < 4.78 is 4.03. The molecular weight excluding hydrogens is 466 g/mol. The third-order valence-electron chi connectivity index (χ3n) is 3.44. The van der Waals surface area contributed by atoms with Crippen LogP contribution in [0.1, 0.15) is 29.9 Å². The van der Waals surface area contributed by atoms with Gasteiger partial charge >= 0.3 is 0 Å². The summed E-state index contributed by atoms with van der Waals surface area (Å²) in [6, 6.07) is 6.16. The SMILES string of the molecule is CCc1nn(C)c(CC(NN)c2cc(I)ccc2Br)c1Cl. The van der Waals surface area contributed by atoms with Crippen molar-refractivity contribution < 1.29 is 0 Å². The van der Waals surface area contributed by atoms with Gasteiger partial charge in [-0.05, 0) is 52.8 Å². The number of benzene rings is 1. The second kappa shape index (κ2) is 7.41. The van der Waals surface area contributed by atoms with E-state index in [0.717, 1.165) is 36.4 Å². The zero-order valence-electron chi connectivity index (χ0n) is 11.8. The maximum Gasteiger partial charge on any atom is 0.0850 e. The highest BCUT2D eigenvalue weighted by atomic mass is 127. The maximum atomic E-state index is 6.42. The van der Waals surface area contributed by atoms with Crippen LogP contribution in [-0.2, 0) is 19.9 Å². The number of hydrogen-bond donors (Lipinski definition) is 2. The van der Waals surface area contributed by atoms with Gasteiger partial charge in [0.25, 0.3) is 0 Å². The van der Waals surface area contributed by atoms with Gasteiger partial charge in [-0.2, -0.15) is 5.10 Å². The lowest BCUT2D eigenvalue weighted by Crippen LogP contribution is -2.30. The first-order valence-corrected chi connectivity index (χ1v) is 8.84. The van der Waals surface area contributed by atoms with Gasteiger partial charge in [0.05, 0.1) is 22.5 Å². The largest absolute Gasteiger partial charge is 0.271 e. The van der Waals surface area contributed by atoms with E-state index in [1.165, 1.54) is 0 Å². The Labute approximate surface area is 151 Å². The van der Waals surface area contributed by atoms with Crippen LogP contribution in [0.4, 0.5) is 0 Å². The minimum absolute atomic E-state index is 0.0355. The van der Waals surface area contributed by atoms with Crippen molar-refractivity contribution >= 4 is 50.1 Å². The molecule has 114 valence electrons. The smallest absolute Gasteiger partial charge is 0.0850 e. The molecule has 0 saturated carbocycles. The van der Waals surface area contributed by atoms with Crippen molar-refractivity contribution in [2.45, 2.75) is 25.8 Å². The lowest BCUT2D eigenvalue weighted by molar-refractivity contribution is 0.528. The fourth-order valence-corrected chi connectivity index (χ4v) is 3.68. The Balaban J connectivity index is 2.36. The van der Waals surface area contributed by atoms with E-state index in [0.29, 0.717) is 6.42 Å². The third kappa shape index (κ3) is 3.79. The van der Waals surface area contributed by atoms with Crippen LogP contribution in [0.5, 0.6) is 0 Å². The second-order valence-electron chi connectivity index (χ2n) is 4.77. The molecule has 1 unspecified atom stereocenters. The Bertz CT molecular complexity index is 644. The number of nitrogens with one attached hydrogen (secondary N) is 1. The van der Waals surface area contributed by atoms with Crippen molar-refractivity contribution in [3.05, 3.63) is 48.2 Å².